The monoisotopic (exact) mass is 514 g/mol. The Kier molecular flexibility index (Phi) is 9.32. The zero-order valence-corrected chi connectivity index (χ0v) is 21.2. The highest BCUT2D eigenvalue weighted by atomic mass is 35.5. The van der Waals surface area contributed by atoms with Gasteiger partial charge >= 0.3 is 0 Å². The molecule has 1 aliphatic rings. The molecule has 0 saturated carbocycles. The van der Waals surface area contributed by atoms with Gasteiger partial charge in [-0.1, -0.05) is 59.1 Å². The first-order valence-electron chi connectivity index (χ1n) is 10.6. The largest absolute Gasteiger partial charge is 0.355 e. The van der Waals surface area contributed by atoms with E-state index in [1.54, 1.807) is 30.0 Å². The van der Waals surface area contributed by atoms with Crippen molar-refractivity contribution in [2.75, 3.05) is 25.4 Å². The fourth-order valence-corrected chi connectivity index (χ4v) is 6.90. The number of hydrogen-bond donors (Lipinski definition) is 1. The minimum absolute atomic E-state index is 0.0863. The molecule has 1 amide bonds. The van der Waals surface area contributed by atoms with E-state index in [1.165, 1.54) is 15.4 Å². The van der Waals surface area contributed by atoms with E-state index in [4.69, 9.17) is 23.2 Å². The molecule has 174 valence electrons. The van der Waals surface area contributed by atoms with Crippen molar-refractivity contribution in [2.24, 2.45) is 5.92 Å². The Bertz CT molecular complexity index is 1030. The average molecular weight is 516 g/mol. The second kappa shape index (κ2) is 11.7. The summed E-state index contributed by atoms with van der Waals surface area (Å²) in [5, 5.41) is 3.62. The number of halogens is 2. The highest BCUT2D eigenvalue weighted by molar-refractivity contribution is 7.98. The minimum Gasteiger partial charge on any atom is -0.355 e. The maximum absolute atomic E-state index is 13.0. The lowest BCUT2D eigenvalue weighted by Gasteiger charge is -2.31. The van der Waals surface area contributed by atoms with E-state index in [9.17, 15) is 13.2 Å². The van der Waals surface area contributed by atoms with Crippen LogP contribution < -0.4 is 5.32 Å². The van der Waals surface area contributed by atoms with Crippen molar-refractivity contribution in [1.82, 2.24) is 9.62 Å². The van der Waals surface area contributed by atoms with Crippen LogP contribution in [-0.2, 0) is 26.3 Å². The molecule has 1 aliphatic heterocycles. The predicted octanol–water partition coefficient (Wildman–Crippen LogP) is 4.89. The maximum atomic E-state index is 13.0. The molecule has 1 heterocycles. The number of piperidine rings is 1. The number of amides is 1. The number of carbonyl (C=O) groups excluding carboxylic acids is 1. The lowest BCUT2D eigenvalue weighted by Crippen LogP contribution is -2.46. The van der Waals surface area contributed by atoms with Crippen molar-refractivity contribution in [2.45, 2.75) is 31.3 Å². The van der Waals surface area contributed by atoms with Gasteiger partial charge in [-0.05, 0) is 37.5 Å². The fourth-order valence-electron chi connectivity index (χ4n) is 3.74. The molecular weight excluding hydrogens is 487 g/mol. The van der Waals surface area contributed by atoms with Crippen LogP contribution in [0.4, 0.5) is 0 Å². The number of benzene rings is 2. The highest BCUT2D eigenvalue weighted by Gasteiger charge is 2.33. The van der Waals surface area contributed by atoms with Gasteiger partial charge < -0.3 is 5.32 Å². The van der Waals surface area contributed by atoms with Gasteiger partial charge in [0.25, 0.3) is 0 Å². The minimum atomic E-state index is -3.63. The van der Waals surface area contributed by atoms with Crippen molar-refractivity contribution in [1.29, 1.82) is 0 Å². The molecule has 1 N–H and O–H groups in total. The zero-order chi connectivity index (χ0) is 23.1. The first-order valence-corrected chi connectivity index (χ1v) is 14.1. The van der Waals surface area contributed by atoms with Crippen molar-refractivity contribution >= 4 is 50.9 Å². The second-order valence-corrected chi connectivity index (χ2v) is 11.9. The van der Waals surface area contributed by atoms with Gasteiger partial charge in [-0.15, -0.1) is 0 Å². The van der Waals surface area contributed by atoms with Crippen molar-refractivity contribution in [3.05, 3.63) is 69.2 Å². The third-order valence-corrected chi connectivity index (χ3v) is 8.94. The molecule has 0 aromatic heterocycles. The zero-order valence-electron chi connectivity index (χ0n) is 18.0. The van der Waals surface area contributed by atoms with Gasteiger partial charge in [0.2, 0.25) is 15.9 Å². The summed E-state index contributed by atoms with van der Waals surface area (Å²) in [7, 11) is -3.63. The van der Waals surface area contributed by atoms with Crippen LogP contribution in [0, 0.1) is 12.8 Å². The topological polar surface area (TPSA) is 66.5 Å². The number of nitrogens with zero attached hydrogens (tertiary/aromatic N) is 1. The Morgan fingerprint density at radius 2 is 1.91 bits per heavy atom. The van der Waals surface area contributed by atoms with Crippen LogP contribution in [0.1, 0.15) is 29.5 Å². The Morgan fingerprint density at radius 1 is 1.19 bits per heavy atom. The molecule has 32 heavy (non-hydrogen) atoms. The summed E-state index contributed by atoms with van der Waals surface area (Å²) in [6.45, 7) is 3.23. The quantitative estimate of drug-likeness (QED) is 0.483. The Balaban J connectivity index is 1.47. The van der Waals surface area contributed by atoms with E-state index in [0.717, 1.165) is 11.5 Å². The van der Waals surface area contributed by atoms with E-state index < -0.39 is 10.0 Å². The van der Waals surface area contributed by atoms with Crippen LogP contribution >= 0.6 is 35.0 Å². The molecule has 1 fully saturated rings. The van der Waals surface area contributed by atoms with Gasteiger partial charge in [-0.3, -0.25) is 4.79 Å². The second-order valence-electron chi connectivity index (χ2n) is 7.99. The number of nitrogens with one attached hydrogen (secondary N) is 1. The molecule has 3 rings (SSSR count). The standard InChI is InChI=1S/C23H28Cl2N2O3S2/c1-17-5-2-6-18(13-17)15-31-12-10-26-23(28)19-7-4-11-27(14-19)32(29,30)16-20-21(24)8-3-9-22(20)25/h2-3,5-6,8-9,13,19H,4,7,10-12,14-16H2,1H3,(H,26,28). The number of carbonyl (C=O) groups is 1. The smallest absolute Gasteiger partial charge is 0.224 e. The third-order valence-electron chi connectivity index (χ3n) is 5.43. The number of rotatable bonds is 9. The Morgan fingerprint density at radius 3 is 2.62 bits per heavy atom. The molecule has 1 unspecified atom stereocenters. The van der Waals surface area contributed by atoms with Crippen molar-refractivity contribution < 1.29 is 13.2 Å². The van der Waals surface area contributed by atoms with Crippen molar-refractivity contribution in [3.63, 3.8) is 0 Å². The first kappa shape index (κ1) is 25.4. The molecule has 2 aromatic rings. The summed E-state index contributed by atoms with van der Waals surface area (Å²) in [6.07, 6.45) is 1.33. The number of hydrogen-bond acceptors (Lipinski definition) is 4. The van der Waals surface area contributed by atoms with Crippen LogP contribution in [-0.4, -0.2) is 44.0 Å². The molecule has 1 atom stereocenters. The maximum Gasteiger partial charge on any atom is 0.224 e. The van der Waals surface area contributed by atoms with Gasteiger partial charge in [0, 0.05) is 46.7 Å². The van der Waals surface area contributed by atoms with E-state index >= 15 is 0 Å². The predicted molar refractivity (Wildman–Crippen MR) is 134 cm³/mol. The van der Waals surface area contributed by atoms with Crippen LogP contribution in [0.3, 0.4) is 0 Å². The summed E-state index contributed by atoms with van der Waals surface area (Å²) in [4.78, 5) is 12.6. The van der Waals surface area contributed by atoms with E-state index in [-0.39, 0.29) is 24.1 Å². The molecule has 1 saturated heterocycles. The Hall–Kier alpha value is -1.25. The molecule has 5 nitrogen and oxygen atoms in total. The summed E-state index contributed by atoms with van der Waals surface area (Å²) in [6, 6.07) is 13.3. The van der Waals surface area contributed by atoms with Gasteiger partial charge in [-0.2, -0.15) is 11.8 Å². The number of aryl methyl sites for hydroxylation is 1. The van der Waals surface area contributed by atoms with Gasteiger partial charge in [0.1, 0.15) is 0 Å². The Labute approximate surface area is 204 Å². The molecule has 2 aromatic carbocycles. The summed E-state index contributed by atoms with van der Waals surface area (Å²) < 4.78 is 27.3. The summed E-state index contributed by atoms with van der Waals surface area (Å²) >= 11 is 14.1. The number of sulfonamides is 1. The van der Waals surface area contributed by atoms with Crippen molar-refractivity contribution in [3.8, 4) is 0 Å². The van der Waals surface area contributed by atoms with Crippen LogP contribution in [0.25, 0.3) is 0 Å². The van der Waals surface area contributed by atoms with Crippen LogP contribution in [0.2, 0.25) is 10.0 Å². The first-order chi connectivity index (χ1) is 15.3. The number of thioether (sulfide) groups is 1. The highest BCUT2D eigenvalue weighted by Crippen LogP contribution is 2.29. The van der Waals surface area contributed by atoms with Gasteiger partial charge in [0.15, 0.2) is 0 Å². The van der Waals surface area contributed by atoms with Gasteiger partial charge in [0.05, 0.1) is 11.7 Å². The average Bonchev–Trinajstić information content (AvgIpc) is 2.76. The normalized spacial score (nSPS) is 17.3. The molecule has 0 spiro atoms. The molecule has 0 radical (unpaired) electrons. The molecule has 0 bridgehead atoms. The SMILES string of the molecule is Cc1cccc(CSCCNC(=O)C2CCCN(S(=O)(=O)Cc3c(Cl)cccc3Cl)C2)c1. The van der Waals surface area contributed by atoms with E-state index in [1.807, 2.05) is 0 Å². The van der Waals surface area contributed by atoms with Gasteiger partial charge in [-0.25, -0.2) is 12.7 Å². The lowest BCUT2D eigenvalue weighted by molar-refractivity contribution is -0.125. The molecular formula is C23H28Cl2N2O3S2. The summed E-state index contributed by atoms with van der Waals surface area (Å²) in [5.41, 5.74) is 2.91. The van der Waals surface area contributed by atoms with E-state index in [0.29, 0.717) is 41.5 Å². The fraction of sp³-hybridized carbons (Fsp3) is 0.435. The summed E-state index contributed by atoms with van der Waals surface area (Å²) in [5.74, 6) is 1.01. The van der Waals surface area contributed by atoms with Crippen LogP contribution in [0.15, 0.2) is 42.5 Å². The van der Waals surface area contributed by atoms with Crippen LogP contribution in [0.5, 0.6) is 0 Å². The van der Waals surface area contributed by atoms with E-state index in [2.05, 4.69) is 36.5 Å². The third kappa shape index (κ3) is 7.12. The lowest BCUT2D eigenvalue weighted by atomic mass is 9.99. The molecule has 9 heteroatoms. The molecule has 0 aliphatic carbocycles.